The zero-order valence-corrected chi connectivity index (χ0v) is 15.0. The van der Waals surface area contributed by atoms with Crippen molar-refractivity contribution >= 4 is 27.4 Å². The van der Waals surface area contributed by atoms with Crippen LogP contribution in [-0.4, -0.2) is 5.78 Å². The van der Waals surface area contributed by atoms with Gasteiger partial charge in [0.2, 0.25) is 0 Å². The fraction of sp³-hybridized carbons (Fsp3) is 0.250. The lowest BCUT2D eigenvalue weighted by molar-refractivity contribution is 0.104. The first kappa shape index (κ1) is 17.5. The smallest absolute Gasteiger partial charge is 0.187 e. The van der Waals surface area contributed by atoms with Gasteiger partial charge in [0.25, 0.3) is 0 Å². The maximum atomic E-state index is 12.1. The average molecular weight is 372 g/mol. The maximum Gasteiger partial charge on any atom is 0.187 e. The van der Waals surface area contributed by atoms with Gasteiger partial charge in [0.15, 0.2) is 5.78 Å². The Bertz CT molecular complexity index is 662. The van der Waals surface area contributed by atoms with E-state index in [1.165, 1.54) is 24.8 Å². The van der Waals surface area contributed by atoms with E-state index in [-0.39, 0.29) is 5.78 Å². The molecule has 0 fully saturated rings. The standard InChI is InChI=1S/C20H22BrNO/c1-2-3-4-6-16-9-11-17(12-10-16)20(23)13-14-22-19-8-5-7-18(21)15-19/h5,7-15,22H,2-4,6H2,1H3/b14-13+. The Balaban J connectivity index is 1.88. The Hall–Kier alpha value is -1.87. The number of aryl methyl sites for hydroxylation is 1. The molecule has 2 rings (SSSR count). The lowest BCUT2D eigenvalue weighted by Gasteiger charge is -2.03. The molecule has 2 nitrogen and oxygen atoms in total. The SMILES string of the molecule is CCCCCc1ccc(C(=O)/C=C/Nc2cccc(Br)c2)cc1. The molecule has 0 aliphatic rings. The van der Waals surface area contributed by atoms with Crippen molar-refractivity contribution in [2.24, 2.45) is 0 Å². The van der Waals surface area contributed by atoms with Crippen molar-refractivity contribution in [1.82, 2.24) is 0 Å². The predicted octanol–water partition coefficient (Wildman–Crippen LogP) is 5.99. The highest BCUT2D eigenvalue weighted by atomic mass is 79.9. The van der Waals surface area contributed by atoms with Gasteiger partial charge in [0.1, 0.15) is 0 Å². The third-order valence-electron chi connectivity index (χ3n) is 3.62. The molecule has 0 aliphatic carbocycles. The fourth-order valence-electron chi connectivity index (χ4n) is 2.30. The van der Waals surface area contributed by atoms with E-state index < -0.39 is 0 Å². The summed E-state index contributed by atoms with van der Waals surface area (Å²) < 4.78 is 1.00. The van der Waals surface area contributed by atoms with Crippen LogP contribution in [0.25, 0.3) is 0 Å². The molecular weight excluding hydrogens is 350 g/mol. The van der Waals surface area contributed by atoms with Gasteiger partial charge in [-0.3, -0.25) is 4.79 Å². The number of allylic oxidation sites excluding steroid dienone is 1. The van der Waals surface area contributed by atoms with Crippen LogP contribution in [0, 0.1) is 0 Å². The molecule has 0 heterocycles. The van der Waals surface area contributed by atoms with Gasteiger partial charge < -0.3 is 5.32 Å². The van der Waals surface area contributed by atoms with Gasteiger partial charge in [-0.1, -0.05) is 66.0 Å². The summed E-state index contributed by atoms with van der Waals surface area (Å²) in [7, 11) is 0. The second kappa shape index (κ2) is 9.31. The third-order valence-corrected chi connectivity index (χ3v) is 4.11. The molecule has 0 bridgehead atoms. The minimum Gasteiger partial charge on any atom is -0.362 e. The van der Waals surface area contributed by atoms with Crippen LogP contribution in [0.4, 0.5) is 5.69 Å². The number of hydrogen-bond acceptors (Lipinski definition) is 2. The molecule has 0 aliphatic heterocycles. The highest BCUT2D eigenvalue weighted by Crippen LogP contribution is 2.15. The van der Waals surface area contributed by atoms with Crippen molar-refractivity contribution in [3.63, 3.8) is 0 Å². The highest BCUT2D eigenvalue weighted by Gasteiger charge is 2.01. The Labute approximate surface area is 146 Å². The van der Waals surface area contributed by atoms with Crippen LogP contribution < -0.4 is 5.32 Å². The first-order valence-corrected chi connectivity index (χ1v) is 8.80. The maximum absolute atomic E-state index is 12.1. The quantitative estimate of drug-likeness (QED) is 0.350. The molecule has 120 valence electrons. The van der Waals surface area contributed by atoms with E-state index in [2.05, 4.69) is 40.3 Å². The second-order valence-electron chi connectivity index (χ2n) is 5.51. The molecule has 2 aromatic rings. The molecule has 0 saturated heterocycles. The van der Waals surface area contributed by atoms with Crippen molar-refractivity contribution in [2.45, 2.75) is 32.6 Å². The lowest BCUT2D eigenvalue weighted by atomic mass is 10.0. The largest absolute Gasteiger partial charge is 0.362 e. The molecule has 23 heavy (non-hydrogen) atoms. The molecule has 0 aromatic heterocycles. The van der Waals surface area contributed by atoms with E-state index in [1.807, 2.05) is 36.4 Å². The van der Waals surface area contributed by atoms with Crippen LogP contribution in [0.2, 0.25) is 0 Å². The topological polar surface area (TPSA) is 29.1 Å². The summed E-state index contributed by atoms with van der Waals surface area (Å²) in [6.45, 7) is 2.20. The number of ketones is 1. The van der Waals surface area contributed by atoms with Crippen LogP contribution in [0.5, 0.6) is 0 Å². The van der Waals surface area contributed by atoms with E-state index in [4.69, 9.17) is 0 Å². The molecule has 0 saturated carbocycles. The van der Waals surface area contributed by atoms with E-state index in [0.717, 1.165) is 22.1 Å². The molecule has 0 unspecified atom stereocenters. The van der Waals surface area contributed by atoms with Crippen molar-refractivity contribution in [1.29, 1.82) is 0 Å². The third kappa shape index (κ3) is 6.03. The lowest BCUT2D eigenvalue weighted by Crippen LogP contribution is -1.97. The van der Waals surface area contributed by atoms with Gasteiger partial charge in [0, 0.05) is 28.0 Å². The number of rotatable bonds is 8. The van der Waals surface area contributed by atoms with Gasteiger partial charge >= 0.3 is 0 Å². The summed E-state index contributed by atoms with van der Waals surface area (Å²) in [6.07, 6.45) is 8.02. The van der Waals surface area contributed by atoms with Gasteiger partial charge in [-0.2, -0.15) is 0 Å². The Kier molecular flexibility index (Phi) is 7.08. The normalized spacial score (nSPS) is 10.9. The highest BCUT2D eigenvalue weighted by molar-refractivity contribution is 9.10. The Morgan fingerprint density at radius 2 is 1.91 bits per heavy atom. The number of unbranched alkanes of at least 4 members (excludes halogenated alkanes) is 2. The molecule has 0 radical (unpaired) electrons. The number of hydrogen-bond donors (Lipinski definition) is 1. The predicted molar refractivity (Wildman–Crippen MR) is 101 cm³/mol. The molecule has 0 spiro atoms. The Morgan fingerprint density at radius 1 is 1.13 bits per heavy atom. The van der Waals surface area contributed by atoms with Gasteiger partial charge in [-0.25, -0.2) is 0 Å². The summed E-state index contributed by atoms with van der Waals surface area (Å²) in [4.78, 5) is 12.1. The molecule has 3 heteroatoms. The fourth-order valence-corrected chi connectivity index (χ4v) is 2.70. The summed E-state index contributed by atoms with van der Waals surface area (Å²) in [5.74, 6) is 0.00704. The van der Waals surface area contributed by atoms with Crippen LogP contribution >= 0.6 is 15.9 Å². The van der Waals surface area contributed by atoms with Crippen LogP contribution in [0.15, 0.2) is 65.3 Å². The van der Waals surface area contributed by atoms with E-state index in [9.17, 15) is 4.79 Å². The van der Waals surface area contributed by atoms with E-state index in [0.29, 0.717) is 0 Å². The van der Waals surface area contributed by atoms with Gasteiger partial charge in [-0.05, 0) is 36.6 Å². The number of carbonyl (C=O) groups excluding carboxylic acids is 1. The minimum atomic E-state index is 0.00704. The van der Waals surface area contributed by atoms with Crippen molar-refractivity contribution in [3.8, 4) is 0 Å². The summed E-state index contributed by atoms with van der Waals surface area (Å²) in [5.41, 5.74) is 2.96. The summed E-state index contributed by atoms with van der Waals surface area (Å²) >= 11 is 3.42. The van der Waals surface area contributed by atoms with Crippen molar-refractivity contribution in [3.05, 3.63) is 76.4 Å². The van der Waals surface area contributed by atoms with E-state index in [1.54, 1.807) is 12.3 Å². The molecule has 0 amide bonds. The summed E-state index contributed by atoms with van der Waals surface area (Å²) in [5, 5.41) is 3.10. The molecule has 0 atom stereocenters. The van der Waals surface area contributed by atoms with Gasteiger partial charge in [0.05, 0.1) is 0 Å². The van der Waals surface area contributed by atoms with Crippen molar-refractivity contribution < 1.29 is 4.79 Å². The molecular formula is C20H22BrNO. The number of nitrogens with one attached hydrogen (secondary N) is 1. The second-order valence-corrected chi connectivity index (χ2v) is 6.42. The summed E-state index contributed by atoms with van der Waals surface area (Å²) in [6, 6.07) is 15.7. The number of halogens is 1. The van der Waals surface area contributed by atoms with E-state index >= 15 is 0 Å². The molecule has 1 N–H and O–H groups in total. The number of benzene rings is 2. The Morgan fingerprint density at radius 3 is 2.61 bits per heavy atom. The first-order valence-electron chi connectivity index (χ1n) is 8.01. The minimum absolute atomic E-state index is 0.00704. The first-order chi connectivity index (χ1) is 11.2. The zero-order chi connectivity index (χ0) is 16.5. The van der Waals surface area contributed by atoms with Crippen molar-refractivity contribution in [2.75, 3.05) is 5.32 Å². The van der Waals surface area contributed by atoms with Crippen LogP contribution in [0.3, 0.4) is 0 Å². The number of anilines is 1. The number of carbonyl (C=O) groups is 1. The molecule has 2 aromatic carbocycles. The van der Waals surface area contributed by atoms with Crippen LogP contribution in [-0.2, 0) is 6.42 Å². The average Bonchev–Trinajstić information content (AvgIpc) is 2.56. The zero-order valence-electron chi connectivity index (χ0n) is 13.4. The van der Waals surface area contributed by atoms with Crippen LogP contribution in [0.1, 0.15) is 42.1 Å². The van der Waals surface area contributed by atoms with Gasteiger partial charge in [-0.15, -0.1) is 0 Å². The monoisotopic (exact) mass is 371 g/mol.